The van der Waals surface area contributed by atoms with Gasteiger partial charge >= 0.3 is 12.1 Å². The standard InChI is InChI=1S/C34H42Br2IN5O8S/c35-26-19-22(20-27(36)30(26)43)21-29(31(44)39-12-6-24(7-13-39)34(47)10-17-41(18-11-34)51(37,48)49)50-33(46)40-14-8-25(9-15-40)42-16-5-23-3-1-2-4-28(23)38-32(42)45/h1-4,19-20,24-25,29,43,47H,5-18,21H2,(H,38,45)/t29-/m1/s1. The van der Waals surface area contributed by atoms with E-state index in [0.29, 0.717) is 85.8 Å². The van der Waals surface area contributed by atoms with Crippen LogP contribution in [-0.2, 0) is 29.6 Å². The van der Waals surface area contributed by atoms with Crippen molar-refractivity contribution in [2.45, 2.75) is 69.1 Å². The number of aromatic hydroxyl groups is 1. The molecular formula is C34H42Br2IN5O8S. The number of halogens is 3. The van der Waals surface area contributed by atoms with Crippen molar-refractivity contribution >= 4 is 84.0 Å². The van der Waals surface area contributed by atoms with E-state index < -0.39 is 25.0 Å². The molecule has 17 heteroatoms. The quantitative estimate of drug-likeness (QED) is 0.250. The third-order valence-electron chi connectivity index (χ3n) is 10.8. The van der Waals surface area contributed by atoms with Gasteiger partial charge in [0.1, 0.15) is 5.75 Å². The van der Waals surface area contributed by atoms with Crippen LogP contribution < -0.4 is 5.32 Å². The van der Waals surface area contributed by atoms with E-state index >= 15 is 0 Å². The largest absolute Gasteiger partial charge is 0.506 e. The molecule has 6 rings (SSSR count). The lowest BCUT2D eigenvalue weighted by molar-refractivity contribution is -0.145. The van der Waals surface area contributed by atoms with Crippen molar-refractivity contribution in [1.29, 1.82) is 0 Å². The second-order valence-corrected chi connectivity index (χ2v) is 20.2. The summed E-state index contributed by atoms with van der Waals surface area (Å²) in [6.45, 7) is 2.57. The van der Waals surface area contributed by atoms with Crippen LogP contribution in [0.2, 0.25) is 0 Å². The van der Waals surface area contributed by atoms with Crippen LogP contribution in [-0.4, -0.2) is 119 Å². The first-order chi connectivity index (χ1) is 24.2. The number of para-hydroxylation sites is 1. The van der Waals surface area contributed by atoms with Gasteiger partial charge in [-0.1, -0.05) is 18.2 Å². The van der Waals surface area contributed by atoms with Gasteiger partial charge in [-0.25, -0.2) is 18.0 Å². The van der Waals surface area contributed by atoms with Gasteiger partial charge in [0.05, 0.1) is 35.8 Å². The van der Waals surface area contributed by atoms with Crippen LogP contribution in [0.15, 0.2) is 45.3 Å². The van der Waals surface area contributed by atoms with Crippen molar-refractivity contribution in [3.05, 3.63) is 56.5 Å². The molecule has 3 fully saturated rings. The fourth-order valence-electron chi connectivity index (χ4n) is 7.76. The van der Waals surface area contributed by atoms with Crippen molar-refractivity contribution < 1.29 is 37.8 Å². The first-order valence-electron chi connectivity index (χ1n) is 17.2. The van der Waals surface area contributed by atoms with Crippen LogP contribution in [0, 0.1) is 5.92 Å². The third-order valence-corrected chi connectivity index (χ3v) is 14.6. The SMILES string of the molecule is O=C(O[C@H](Cc1cc(Br)c(O)c(Br)c1)C(=O)N1CCC(C2(O)CCN(S(=O)(=O)I)CC2)CC1)N1CCC(N2CCc3ccccc3NC2=O)CC1. The van der Waals surface area contributed by atoms with E-state index in [2.05, 4.69) is 37.2 Å². The molecule has 1 atom stereocenters. The molecular weight excluding hydrogens is 925 g/mol. The van der Waals surface area contributed by atoms with Gasteiger partial charge in [-0.3, -0.25) is 4.79 Å². The zero-order valence-corrected chi connectivity index (χ0v) is 34.1. The van der Waals surface area contributed by atoms with E-state index in [1.807, 2.05) is 29.2 Å². The molecule has 0 unspecified atom stereocenters. The summed E-state index contributed by atoms with van der Waals surface area (Å²) in [4.78, 5) is 45.9. The average molecular weight is 968 g/mol. The van der Waals surface area contributed by atoms with E-state index in [-0.39, 0.29) is 49.2 Å². The molecule has 2 aromatic carbocycles. The van der Waals surface area contributed by atoms with E-state index in [0.717, 1.165) is 17.7 Å². The Labute approximate surface area is 326 Å². The number of rotatable bonds is 7. The molecule has 278 valence electrons. The number of carbonyl (C=O) groups excluding carboxylic acids is 3. The molecule has 0 aromatic heterocycles. The van der Waals surface area contributed by atoms with Crippen molar-refractivity contribution in [3.63, 3.8) is 0 Å². The highest BCUT2D eigenvalue weighted by atomic mass is 127. The van der Waals surface area contributed by atoms with Gasteiger partial charge < -0.3 is 35.0 Å². The summed E-state index contributed by atoms with van der Waals surface area (Å²) in [7, 11) is -3.35. The number of piperidine rings is 3. The highest BCUT2D eigenvalue weighted by molar-refractivity contribution is 14.2. The number of aliphatic hydroxyl groups is 1. The molecule has 0 aliphatic carbocycles. The molecule has 0 saturated carbocycles. The zero-order valence-electron chi connectivity index (χ0n) is 28.0. The number of carbonyl (C=O) groups is 3. The number of urea groups is 1. The maximum Gasteiger partial charge on any atom is 0.410 e. The maximum absolute atomic E-state index is 14.1. The highest BCUT2D eigenvalue weighted by Gasteiger charge is 2.44. The molecule has 4 aliphatic heterocycles. The van der Waals surface area contributed by atoms with Crippen LogP contribution in [0.25, 0.3) is 0 Å². The molecule has 13 nitrogen and oxygen atoms in total. The second kappa shape index (κ2) is 16.0. The summed E-state index contributed by atoms with van der Waals surface area (Å²) in [6.07, 6.45) is 2.00. The molecule has 0 spiro atoms. The minimum absolute atomic E-state index is 0.0189. The van der Waals surface area contributed by atoms with Gasteiger partial charge in [-0.05, 0) is 112 Å². The minimum Gasteiger partial charge on any atom is -0.506 e. The van der Waals surface area contributed by atoms with Crippen molar-refractivity contribution in [2.24, 2.45) is 5.92 Å². The molecule has 3 N–H and O–H groups in total. The number of ether oxygens (including phenoxy) is 1. The van der Waals surface area contributed by atoms with E-state index in [1.165, 1.54) is 25.5 Å². The molecule has 4 heterocycles. The van der Waals surface area contributed by atoms with Gasteiger partial charge in [-0.15, -0.1) is 0 Å². The lowest BCUT2D eigenvalue weighted by atomic mass is 9.75. The van der Waals surface area contributed by atoms with Gasteiger partial charge in [0.2, 0.25) is 0 Å². The molecule has 51 heavy (non-hydrogen) atoms. The Bertz CT molecular complexity index is 1720. The number of fused-ring (bicyclic) bond motifs is 1. The van der Waals surface area contributed by atoms with E-state index in [4.69, 9.17) is 4.74 Å². The van der Waals surface area contributed by atoms with Gasteiger partial charge in [0.25, 0.3) is 13.1 Å². The smallest absolute Gasteiger partial charge is 0.410 e. The number of likely N-dealkylation sites (tertiary alicyclic amines) is 2. The van der Waals surface area contributed by atoms with Crippen LogP contribution in [0.4, 0.5) is 15.3 Å². The average Bonchev–Trinajstić information content (AvgIpc) is 3.28. The summed E-state index contributed by atoms with van der Waals surface area (Å²) in [5.74, 6) is -0.409. The number of hydrogen-bond acceptors (Lipinski definition) is 8. The first kappa shape index (κ1) is 38.5. The summed E-state index contributed by atoms with van der Waals surface area (Å²) < 4.78 is 32.2. The van der Waals surface area contributed by atoms with Crippen molar-refractivity contribution in [2.75, 3.05) is 51.1 Å². The zero-order chi connectivity index (χ0) is 36.5. The number of anilines is 1. The Morgan fingerprint density at radius 2 is 1.57 bits per heavy atom. The fourth-order valence-corrected chi connectivity index (χ4v) is 10.8. The lowest BCUT2D eigenvalue weighted by Crippen LogP contribution is -2.54. The van der Waals surface area contributed by atoms with E-state index in [9.17, 15) is 33.0 Å². The Hall–Kier alpha value is -2.19. The summed E-state index contributed by atoms with van der Waals surface area (Å²) in [6, 6.07) is 11.0. The first-order valence-corrected chi connectivity index (χ1v) is 22.8. The topological polar surface area (TPSA) is 160 Å². The third kappa shape index (κ3) is 8.96. The maximum atomic E-state index is 14.1. The molecule has 4 amide bonds. The number of phenolic OH excluding ortho intramolecular Hbond substituents is 1. The van der Waals surface area contributed by atoms with Crippen LogP contribution in [0.3, 0.4) is 0 Å². The monoisotopic (exact) mass is 965 g/mol. The number of amides is 4. The predicted molar refractivity (Wildman–Crippen MR) is 206 cm³/mol. The van der Waals surface area contributed by atoms with Crippen molar-refractivity contribution in [3.8, 4) is 5.75 Å². The second-order valence-electron chi connectivity index (χ2n) is 13.8. The van der Waals surface area contributed by atoms with Gasteiger partial charge in [-0.2, -0.15) is 4.31 Å². The van der Waals surface area contributed by atoms with Crippen LogP contribution in [0.1, 0.15) is 49.7 Å². The van der Waals surface area contributed by atoms with Crippen LogP contribution >= 0.6 is 53.1 Å². The summed E-state index contributed by atoms with van der Waals surface area (Å²) in [5, 5.41) is 24.7. The molecule has 2 aromatic rings. The number of benzene rings is 2. The Morgan fingerprint density at radius 1 is 0.961 bits per heavy atom. The lowest BCUT2D eigenvalue weighted by Gasteiger charge is -2.45. The number of hydrogen-bond donors (Lipinski definition) is 3. The number of nitrogens with one attached hydrogen (secondary N) is 1. The molecule has 0 bridgehead atoms. The van der Waals surface area contributed by atoms with Gasteiger partial charge in [0, 0.05) is 64.0 Å². The minimum atomic E-state index is -3.35. The van der Waals surface area contributed by atoms with Crippen molar-refractivity contribution in [1.82, 2.24) is 19.0 Å². The van der Waals surface area contributed by atoms with E-state index in [1.54, 1.807) is 21.9 Å². The normalized spacial score (nSPS) is 21.4. The Balaban J connectivity index is 1.08. The van der Waals surface area contributed by atoms with Gasteiger partial charge in [0.15, 0.2) is 6.10 Å². The summed E-state index contributed by atoms with van der Waals surface area (Å²) >= 11 is 8.12. The number of phenols is 1. The highest BCUT2D eigenvalue weighted by Crippen LogP contribution is 2.38. The Kier molecular flexibility index (Phi) is 12.1. The summed E-state index contributed by atoms with van der Waals surface area (Å²) in [5.41, 5.74) is 1.58. The predicted octanol–water partition coefficient (Wildman–Crippen LogP) is 5.26. The fraction of sp³-hybridized carbons (Fsp3) is 0.559. The molecule has 4 aliphatic rings. The molecule has 3 saturated heterocycles. The van der Waals surface area contributed by atoms with Crippen LogP contribution in [0.5, 0.6) is 5.75 Å². The number of nitrogens with zero attached hydrogens (tertiary/aromatic N) is 4. The molecule has 0 radical (unpaired) electrons. The Morgan fingerprint density at radius 3 is 2.20 bits per heavy atom.